The molecule has 0 aliphatic heterocycles. The van der Waals surface area contributed by atoms with Gasteiger partial charge in [-0.25, -0.2) is 4.79 Å². The van der Waals surface area contributed by atoms with E-state index < -0.39 is 23.1 Å². The van der Waals surface area contributed by atoms with Crippen molar-refractivity contribution in [2.75, 3.05) is 12.4 Å². The molecule has 23 heavy (non-hydrogen) atoms. The Morgan fingerprint density at radius 2 is 1.91 bits per heavy atom. The summed E-state index contributed by atoms with van der Waals surface area (Å²) in [6.45, 7) is 1.24. The predicted octanol–water partition coefficient (Wildman–Crippen LogP) is 0.249. The number of anilines is 1. The first-order valence-corrected chi connectivity index (χ1v) is 6.40. The lowest BCUT2D eigenvalue weighted by molar-refractivity contribution is -0.132. The van der Waals surface area contributed by atoms with Crippen LogP contribution >= 0.6 is 0 Å². The molecular formula is C14H13N3O6. The van der Waals surface area contributed by atoms with Gasteiger partial charge in [-0.3, -0.25) is 19.4 Å². The topological polar surface area (TPSA) is 130 Å². The van der Waals surface area contributed by atoms with Gasteiger partial charge in [-0.15, -0.1) is 0 Å². The molecule has 120 valence electrons. The number of rotatable bonds is 4. The first kappa shape index (κ1) is 16.0. The summed E-state index contributed by atoms with van der Waals surface area (Å²) < 4.78 is 9.99. The van der Waals surface area contributed by atoms with E-state index in [0.29, 0.717) is 0 Å². The Morgan fingerprint density at radius 3 is 2.52 bits per heavy atom. The molecule has 0 aliphatic rings. The zero-order chi connectivity index (χ0) is 17.0. The molecule has 0 unspecified atom stereocenters. The smallest absolute Gasteiger partial charge is 0.325 e. The Kier molecular flexibility index (Phi) is 4.60. The minimum Gasteiger partial charge on any atom is -0.493 e. The van der Waals surface area contributed by atoms with Crippen LogP contribution in [0.5, 0.6) is 11.5 Å². The van der Waals surface area contributed by atoms with Gasteiger partial charge < -0.3 is 19.8 Å². The van der Waals surface area contributed by atoms with E-state index in [1.54, 1.807) is 0 Å². The molecule has 0 aliphatic carbocycles. The first-order chi connectivity index (χ1) is 10.9. The van der Waals surface area contributed by atoms with E-state index in [-0.39, 0.29) is 22.7 Å². The fourth-order valence-electron chi connectivity index (χ4n) is 1.75. The van der Waals surface area contributed by atoms with E-state index in [1.165, 1.54) is 32.2 Å². The number of carbonyl (C=O) groups excluding carboxylic acids is 2. The molecule has 0 radical (unpaired) electrons. The zero-order valence-corrected chi connectivity index (χ0v) is 12.3. The van der Waals surface area contributed by atoms with Gasteiger partial charge in [0.25, 0.3) is 11.5 Å². The van der Waals surface area contributed by atoms with Gasteiger partial charge in [0.1, 0.15) is 5.69 Å². The fourth-order valence-corrected chi connectivity index (χ4v) is 1.75. The lowest BCUT2D eigenvalue weighted by Gasteiger charge is -2.10. The highest BCUT2D eigenvalue weighted by atomic mass is 16.6. The van der Waals surface area contributed by atoms with Crippen LogP contribution in [0.25, 0.3) is 0 Å². The van der Waals surface area contributed by atoms with Crippen LogP contribution in [0, 0.1) is 0 Å². The lowest BCUT2D eigenvalue weighted by atomic mass is 10.2. The Labute approximate surface area is 129 Å². The molecule has 2 rings (SSSR count). The maximum absolute atomic E-state index is 12.1. The van der Waals surface area contributed by atoms with Gasteiger partial charge >= 0.3 is 11.7 Å². The maximum atomic E-state index is 12.1. The highest BCUT2D eigenvalue weighted by Crippen LogP contribution is 2.28. The van der Waals surface area contributed by atoms with Crippen LogP contribution in [0.1, 0.15) is 17.3 Å². The van der Waals surface area contributed by atoms with E-state index >= 15 is 0 Å². The van der Waals surface area contributed by atoms with Crippen LogP contribution in [-0.4, -0.2) is 29.0 Å². The number of hydrogen-bond acceptors (Lipinski definition) is 6. The molecule has 0 saturated carbocycles. The summed E-state index contributed by atoms with van der Waals surface area (Å²) in [6, 6.07) is 4.15. The van der Waals surface area contributed by atoms with Crippen LogP contribution < -0.4 is 26.0 Å². The van der Waals surface area contributed by atoms with Crippen molar-refractivity contribution in [3.8, 4) is 11.5 Å². The maximum Gasteiger partial charge on any atom is 0.325 e. The number of amides is 1. The number of esters is 1. The van der Waals surface area contributed by atoms with Gasteiger partial charge in [0, 0.05) is 18.7 Å². The van der Waals surface area contributed by atoms with Crippen molar-refractivity contribution in [1.29, 1.82) is 0 Å². The molecule has 9 nitrogen and oxygen atoms in total. The Hall–Kier alpha value is -3.36. The van der Waals surface area contributed by atoms with Crippen LogP contribution in [-0.2, 0) is 4.79 Å². The van der Waals surface area contributed by atoms with Crippen LogP contribution in [0.3, 0.4) is 0 Å². The highest BCUT2D eigenvalue weighted by Gasteiger charge is 2.14. The zero-order valence-electron chi connectivity index (χ0n) is 12.3. The van der Waals surface area contributed by atoms with Gasteiger partial charge in [-0.05, 0) is 18.2 Å². The second kappa shape index (κ2) is 6.60. The molecule has 0 saturated heterocycles. The number of ether oxygens (including phenoxy) is 2. The predicted molar refractivity (Wildman–Crippen MR) is 79.9 cm³/mol. The fraction of sp³-hybridized carbons (Fsp3) is 0.143. The van der Waals surface area contributed by atoms with Crippen molar-refractivity contribution in [3.63, 3.8) is 0 Å². The SMILES string of the molecule is COc1cc(C(=O)Nc2c[nH]c(=O)[nH]c2=O)ccc1OC(C)=O. The average molecular weight is 319 g/mol. The molecule has 0 atom stereocenters. The molecule has 1 aromatic carbocycles. The van der Waals surface area contributed by atoms with Crippen LogP contribution in [0.15, 0.2) is 34.0 Å². The van der Waals surface area contributed by atoms with Gasteiger partial charge in [-0.1, -0.05) is 0 Å². The number of nitrogens with one attached hydrogen (secondary N) is 3. The van der Waals surface area contributed by atoms with Crippen molar-refractivity contribution in [1.82, 2.24) is 9.97 Å². The summed E-state index contributed by atoms with van der Waals surface area (Å²) in [5, 5.41) is 2.35. The van der Waals surface area contributed by atoms with E-state index in [0.717, 1.165) is 6.20 Å². The van der Waals surface area contributed by atoms with E-state index in [9.17, 15) is 19.2 Å². The minimum absolute atomic E-state index is 0.113. The Bertz CT molecular complexity index is 867. The molecule has 2 aromatic rings. The standard InChI is InChI=1S/C14H13N3O6/c1-7(18)23-10-4-3-8(5-11(10)22-2)12(19)16-9-6-15-14(21)17-13(9)20/h3-6H,1-2H3,(H,16,19)(H2,15,17,20,21). The van der Waals surface area contributed by atoms with Crippen molar-refractivity contribution < 1.29 is 19.1 Å². The summed E-state index contributed by atoms with van der Waals surface area (Å²) >= 11 is 0. The van der Waals surface area contributed by atoms with Crippen LogP contribution in [0.4, 0.5) is 5.69 Å². The average Bonchev–Trinajstić information content (AvgIpc) is 2.49. The summed E-state index contributed by atoms with van der Waals surface area (Å²) in [4.78, 5) is 49.8. The molecule has 3 N–H and O–H groups in total. The first-order valence-electron chi connectivity index (χ1n) is 6.40. The number of aromatic amines is 2. The summed E-state index contributed by atoms with van der Waals surface area (Å²) in [7, 11) is 1.36. The monoisotopic (exact) mass is 319 g/mol. The molecule has 1 aromatic heterocycles. The number of carbonyl (C=O) groups is 2. The lowest BCUT2D eigenvalue weighted by Crippen LogP contribution is -2.26. The van der Waals surface area contributed by atoms with E-state index in [2.05, 4.69) is 10.3 Å². The van der Waals surface area contributed by atoms with E-state index in [1.807, 2.05) is 4.98 Å². The van der Waals surface area contributed by atoms with Crippen molar-refractivity contribution in [3.05, 3.63) is 50.8 Å². The third-order valence-corrected chi connectivity index (χ3v) is 2.75. The second-order valence-corrected chi connectivity index (χ2v) is 4.40. The summed E-state index contributed by atoms with van der Waals surface area (Å²) in [5.74, 6) is -0.780. The Morgan fingerprint density at radius 1 is 1.17 bits per heavy atom. The number of H-pyrrole nitrogens is 2. The quantitative estimate of drug-likeness (QED) is 0.547. The molecule has 0 spiro atoms. The summed E-state index contributed by atoms with van der Waals surface area (Å²) in [5.41, 5.74) is -1.35. The van der Waals surface area contributed by atoms with Crippen LogP contribution in [0.2, 0.25) is 0 Å². The molecule has 0 fully saturated rings. The second-order valence-electron chi connectivity index (χ2n) is 4.40. The van der Waals surface area contributed by atoms with Gasteiger partial charge in [0.2, 0.25) is 0 Å². The molecule has 1 amide bonds. The highest BCUT2D eigenvalue weighted by molar-refractivity contribution is 6.04. The van der Waals surface area contributed by atoms with Gasteiger partial charge in [-0.2, -0.15) is 0 Å². The third-order valence-electron chi connectivity index (χ3n) is 2.75. The third kappa shape index (κ3) is 3.84. The molecule has 1 heterocycles. The molecular weight excluding hydrogens is 306 g/mol. The number of methoxy groups -OCH3 is 1. The summed E-state index contributed by atoms with van der Waals surface area (Å²) in [6.07, 6.45) is 1.09. The van der Waals surface area contributed by atoms with Crippen molar-refractivity contribution in [2.45, 2.75) is 6.92 Å². The molecule has 0 bridgehead atoms. The number of aromatic nitrogens is 2. The molecule has 9 heteroatoms. The van der Waals surface area contributed by atoms with Gasteiger partial charge in [0.05, 0.1) is 7.11 Å². The minimum atomic E-state index is -0.731. The number of benzene rings is 1. The normalized spacial score (nSPS) is 10.0. The Balaban J connectivity index is 2.27. The van der Waals surface area contributed by atoms with E-state index in [4.69, 9.17) is 9.47 Å². The largest absolute Gasteiger partial charge is 0.493 e. The van der Waals surface area contributed by atoms with Gasteiger partial charge in [0.15, 0.2) is 11.5 Å². The van der Waals surface area contributed by atoms with Crippen molar-refractivity contribution in [2.24, 2.45) is 0 Å². The van der Waals surface area contributed by atoms with Crippen molar-refractivity contribution >= 4 is 17.6 Å². The number of hydrogen-bond donors (Lipinski definition) is 3.